The van der Waals surface area contributed by atoms with Gasteiger partial charge in [-0.3, -0.25) is 4.99 Å². The van der Waals surface area contributed by atoms with Crippen LogP contribution in [-0.4, -0.2) is 30.9 Å². The molecule has 0 fully saturated rings. The summed E-state index contributed by atoms with van der Waals surface area (Å²) in [7, 11) is 1.78. The number of amidine groups is 1. The molecule has 0 N–H and O–H groups in total. The van der Waals surface area contributed by atoms with Gasteiger partial charge in [0.2, 0.25) is 0 Å². The van der Waals surface area contributed by atoms with Crippen LogP contribution in [0.2, 0.25) is 0 Å². The lowest BCUT2D eigenvalue weighted by Gasteiger charge is -2.37. The Labute approximate surface area is 130 Å². The molecule has 3 nitrogen and oxygen atoms in total. The highest BCUT2D eigenvalue weighted by atomic mass is 35.5. The molecular formula is C17H17ClN2O. The number of methoxy groups -OCH3 is 1. The topological polar surface area (TPSA) is 24.8 Å². The van der Waals surface area contributed by atoms with Gasteiger partial charge >= 0.3 is 0 Å². The van der Waals surface area contributed by atoms with Crippen molar-refractivity contribution < 1.29 is 4.74 Å². The van der Waals surface area contributed by atoms with Crippen molar-refractivity contribution in [1.82, 2.24) is 4.90 Å². The summed E-state index contributed by atoms with van der Waals surface area (Å²) in [5.41, 5.74) is 3.00. The maximum Gasteiger partial charge on any atom is 0.195 e. The van der Waals surface area contributed by atoms with Gasteiger partial charge in [-0.15, -0.1) is 12.4 Å². The van der Waals surface area contributed by atoms with E-state index in [1.807, 2.05) is 6.07 Å². The minimum atomic E-state index is -0.535. The van der Waals surface area contributed by atoms with E-state index in [2.05, 4.69) is 58.4 Å². The van der Waals surface area contributed by atoms with Crippen LogP contribution in [-0.2, 0) is 10.5 Å². The highest BCUT2D eigenvalue weighted by molar-refractivity contribution is 6.05. The molecule has 0 saturated carbocycles. The lowest BCUT2D eigenvalue weighted by atomic mass is 9.93. The first kappa shape index (κ1) is 14.1. The Balaban J connectivity index is 0.00000132. The van der Waals surface area contributed by atoms with Gasteiger partial charge in [-0.2, -0.15) is 0 Å². The van der Waals surface area contributed by atoms with Crippen molar-refractivity contribution in [1.29, 1.82) is 0 Å². The molecule has 1 atom stereocenters. The highest BCUT2D eigenvalue weighted by Crippen LogP contribution is 2.46. The maximum atomic E-state index is 6.07. The first-order valence-corrected chi connectivity index (χ1v) is 6.90. The molecule has 2 aromatic rings. The van der Waals surface area contributed by atoms with Crippen LogP contribution in [0.3, 0.4) is 0 Å². The van der Waals surface area contributed by atoms with Gasteiger partial charge < -0.3 is 9.64 Å². The third kappa shape index (κ3) is 1.74. The summed E-state index contributed by atoms with van der Waals surface area (Å²) in [6, 6.07) is 18.8. The molecular weight excluding hydrogens is 284 g/mol. The van der Waals surface area contributed by atoms with Gasteiger partial charge in [0.1, 0.15) is 5.84 Å². The molecule has 0 saturated heterocycles. The minimum absolute atomic E-state index is 0. The zero-order valence-electron chi connectivity index (χ0n) is 11.8. The number of hydrogen-bond donors (Lipinski definition) is 0. The summed E-state index contributed by atoms with van der Waals surface area (Å²) in [6.07, 6.45) is 0. The van der Waals surface area contributed by atoms with Crippen LogP contribution in [0.5, 0.6) is 0 Å². The number of ether oxygens (including phenoxy) is 1. The molecule has 2 heterocycles. The Morgan fingerprint density at radius 2 is 1.76 bits per heavy atom. The Morgan fingerprint density at radius 1 is 1.05 bits per heavy atom. The molecule has 0 radical (unpaired) electrons. The van der Waals surface area contributed by atoms with Crippen molar-refractivity contribution in [3.05, 3.63) is 71.3 Å². The molecule has 2 aromatic carbocycles. The molecule has 21 heavy (non-hydrogen) atoms. The quantitative estimate of drug-likeness (QED) is 0.851. The van der Waals surface area contributed by atoms with E-state index in [1.54, 1.807) is 7.11 Å². The monoisotopic (exact) mass is 300 g/mol. The number of benzene rings is 2. The Kier molecular flexibility index (Phi) is 3.47. The van der Waals surface area contributed by atoms with Crippen LogP contribution in [0.15, 0.2) is 59.6 Å². The molecule has 0 amide bonds. The van der Waals surface area contributed by atoms with Crippen molar-refractivity contribution >= 4 is 18.2 Å². The fourth-order valence-electron chi connectivity index (χ4n) is 3.42. The number of fused-ring (bicyclic) bond motifs is 3. The number of rotatable bonds is 2. The molecule has 0 aromatic heterocycles. The first-order chi connectivity index (χ1) is 9.88. The van der Waals surface area contributed by atoms with Crippen LogP contribution in [0.1, 0.15) is 16.7 Å². The van der Waals surface area contributed by atoms with Crippen LogP contribution in [0.4, 0.5) is 0 Å². The SMILES string of the molecule is COC1(c2ccccc2)c2ccccc2C2=NCCN21.Cl. The van der Waals surface area contributed by atoms with Crippen LogP contribution in [0, 0.1) is 0 Å². The number of halogens is 1. The van der Waals surface area contributed by atoms with E-state index in [4.69, 9.17) is 4.74 Å². The molecule has 1 unspecified atom stereocenters. The van der Waals surface area contributed by atoms with Gasteiger partial charge in [-0.1, -0.05) is 54.6 Å². The zero-order valence-corrected chi connectivity index (χ0v) is 12.6. The fourth-order valence-corrected chi connectivity index (χ4v) is 3.42. The number of nitrogens with zero attached hydrogens (tertiary/aromatic N) is 2. The third-order valence-electron chi connectivity index (χ3n) is 4.21. The van der Waals surface area contributed by atoms with E-state index in [9.17, 15) is 0 Å². The summed E-state index contributed by atoms with van der Waals surface area (Å²) in [4.78, 5) is 6.96. The average Bonchev–Trinajstić information content (AvgIpc) is 3.08. The molecule has 4 rings (SSSR count). The van der Waals surface area contributed by atoms with Gasteiger partial charge in [0.25, 0.3) is 0 Å². The van der Waals surface area contributed by atoms with Crippen molar-refractivity contribution in [2.24, 2.45) is 4.99 Å². The standard InChI is InChI=1S/C17H16N2O.ClH/c1-20-17(13-7-3-2-4-8-13)15-10-6-5-9-14(15)16-18-11-12-19(16)17;/h2-10H,11-12H2,1H3;1H. The second-order valence-electron chi connectivity index (χ2n) is 5.12. The van der Waals surface area contributed by atoms with Gasteiger partial charge in [0, 0.05) is 30.3 Å². The lowest BCUT2D eigenvalue weighted by molar-refractivity contribution is -0.0645. The van der Waals surface area contributed by atoms with Crippen LogP contribution in [0.25, 0.3) is 0 Å². The molecule has 108 valence electrons. The normalized spacial score (nSPS) is 22.3. The smallest absolute Gasteiger partial charge is 0.195 e. The predicted octanol–water partition coefficient (Wildman–Crippen LogP) is 3.03. The summed E-state index contributed by atoms with van der Waals surface area (Å²) >= 11 is 0. The summed E-state index contributed by atoms with van der Waals surface area (Å²) in [5.74, 6) is 1.06. The molecule has 4 heteroatoms. The fraction of sp³-hybridized carbons (Fsp3) is 0.235. The van der Waals surface area contributed by atoms with E-state index in [1.165, 1.54) is 11.1 Å². The summed E-state index contributed by atoms with van der Waals surface area (Å²) < 4.78 is 6.07. The first-order valence-electron chi connectivity index (χ1n) is 6.90. The largest absolute Gasteiger partial charge is 0.350 e. The van der Waals surface area contributed by atoms with Crippen molar-refractivity contribution in [2.45, 2.75) is 5.72 Å². The second kappa shape index (κ2) is 5.17. The van der Waals surface area contributed by atoms with Gasteiger partial charge in [0.15, 0.2) is 5.72 Å². The maximum absolute atomic E-state index is 6.07. The average molecular weight is 301 g/mol. The Morgan fingerprint density at radius 3 is 2.52 bits per heavy atom. The summed E-state index contributed by atoms with van der Waals surface area (Å²) in [5, 5.41) is 0. The zero-order chi connectivity index (χ0) is 13.6. The molecule has 2 aliphatic heterocycles. The van der Waals surface area contributed by atoms with E-state index in [-0.39, 0.29) is 12.4 Å². The van der Waals surface area contributed by atoms with Crippen molar-refractivity contribution in [3.8, 4) is 0 Å². The highest BCUT2D eigenvalue weighted by Gasteiger charge is 2.51. The van der Waals surface area contributed by atoms with E-state index < -0.39 is 5.72 Å². The molecule has 2 aliphatic rings. The Hall–Kier alpha value is -1.84. The molecule has 0 aliphatic carbocycles. The van der Waals surface area contributed by atoms with Crippen LogP contribution < -0.4 is 0 Å². The van der Waals surface area contributed by atoms with Gasteiger partial charge in [0.05, 0.1) is 6.54 Å². The van der Waals surface area contributed by atoms with E-state index >= 15 is 0 Å². The second-order valence-corrected chi connectivity index (χ2v) is 5.12. The summed E-state index contributed by atoms with van der Waals surface area (Å²) in [6.45, 7) is 1.73. The van der Waals surface area contributed by atoms with Crippen molar-refractivity contribution in [2.75, 3.05) is 20.2 Å². The van der Waals surface area contributed by atoms with Crippen LogP contribution >= 0.6 is 12.4 Å². The predicted molar refractivity (Wildman–Crippen MR) is 86.0 cm³/mol. The number of aliphatic imine (C=N–C) groups is 1. The Bertz CT molecular complexity index is 686. The van der Waals surface area contributed by atoms with E-state index in [0.29, 0.717) is 0 Å². The lowest BCUT2D eigenvalue weighted by Crippen LogP contribution is -2.45. The van der Waals surface area contributed by atoms with E-state index in [0.717, 1.165) is 24.5 Å². The third-order valence-corrected chi connectivity index (χ3v) is 4.21. The molecule has 0 spiro atoms. The van der Waals surface area contributed by atoms with Crippen molar-refractivity contribution in [3.63, 3.8) is 0 Å². The van der Waals surface area contributed by atoms with Gasteiger partial charge in [-0.05, 0) is 0 Å². The minimum Gasteiger partial charge on any atom is -0.350 e. The molecule has 0 bridgehead atoms. The van der Waals surface area contributed by atoms with Gasteiger partial charge in [-0.25, -0.2) is 0 Å². The number of hydrogen-bond acceptors (Lipinski definition) is 3.